The molecule has 4 nitrogen and oxygen atoms in total. The minimum atomic E-state index is -1.65. The number of allylic oxidation sites excluding steroid dienone is 1. The highest BCUT2D eigenvalue weighted by molar-refractivity contribution is 5.98. The summed E-state index contributed by atoms with van der Waals surface area (Å²) >= 11 is 0. The second kappa shape index (κ2) is 5.96. The Hall–Kier alpha value is -2.88. The van der Waals surface area contributed by atoms with Gasteiger partial charge in [0.25, 0.3) is 0 Å². The number of aliphatic carboxylic acids is 2. The summed E-state index contributed by atoms with van der Waals surface area (Å²) in [6, 6.07) is 17.3. The van der Waals surface area contributed by atoms with Crippen LogP contribution in [0, 0.1) is 0 Å². The molecule has 0 spiro atoms. The highest BCUT2D eigenvalue weighted by atomic mass is 16.4. The molecule has 0 bridgehead atoms. The zero-order valence-corrected chi connectivity index (χ0v) is 13.1. The number of carboxylic acid groups (broad SMARTS) is 2. The number of carbonyl (C=O) groups is 2. The van der Waals surface area contributed by atoms with Crippen molar-refractivity contribution in [3.8, 4) is 0 Å². The number of carboxylic acids is 2. The molecule has 2 aromatic rings. The number of hydrogen-bond donors (Lipinski definition) is 2. The van der Waals surface area contributed by atoms with Gasteiger partial charge in [0.05, 0.1) is 0 Å². The summed E-state index contributed by atoms with van der Waals surface area (Å²) in [5, 5.41) is 20.4. The van der Waals surface area contributed by atoms with Crippen LogP contribution in [0.4, 0.5) is 0 Å². The van der Waals surface area contributed by atoms with E-state index in [2.05, 4.69) is 0 Å². The van der Waals surface area contributed by atoms with Gasteiger partial charge in [0.2, 0.25) is 0 Å². The Kier molecular flexibility index (Phi) is 3.97. The van der Waals surface area contributed by atoms with Gasteiger partial charge in [0.1, 0.15) is 10.8 Å². The molecular formula is C20H18O4. The van der Waals surface area contributed by atoms with E-state index in [0.29, 0.717) is 17.5 Å². The molecular weight excluding hydrogens is 304 g/mol. The number of hydrogen-bond acceptors (Lipinski definition) is 2. The van der Waals surface area contributed by atoms with Gasteiger partial charge in [-0.3, -0.25) is 9.59 Å². The normalized spacial score (nSPS) is 26.0. The monoisotopic (exact) mass is 322 g/mol. The molecule has 0 fully saturated rings. The van der Waals surface area contributed by atoms with Crippen LogP contribution in [-0.4, -0.2) is 22.2 Å². The molecule has 1 aliphatic carbocycles. The zero-order valence-electron chi connectivity index (χ0n) is 13.1. The molecule has 0 saturated heterocycles. The van der Waals surface area contributed by atoms with Crippen LogP contribution in [0.15, 0.2) is 72.8 Å². The van der Waals surface area contributed by atoms with Gasteiger partial charge in [0, 0.05) is 0 Å². The number of rotatable bonds is 4. The van der Waals surface area contributed by atoms with E-state index in [4.69, 9.17) is 0 Å². The Labute approximate surface area is 140 Å². The first kappa shape index (κ1) is 16.0. The molecule has 2 unspecified atom stereocenters. The Morgan fingerprint density at radius 1 is 0.792 bits per heavy atom. The van der Waals surface area contributed by atoms with Gasteiger partial charge in [-0.2, -0.15) is 0 Å². The molecule has 2 N–H and O–H groups in total. The molecule has 2 aromatic carbocycles. The summed E-state index contributed by atoms with van der Waals surface area (Å²) < 4.78 is 0. The van der Waals surface area contributed by atoms with Crippen molar-refractivity contribution in [3.05, 3.63) is 83.9 Å². The van der Waals surface area contributed by atoms with E-state index in [9.17, 15) is 19.8 Å². The molecule has 0 saturated carbocycles. The van der Waals surface area contributed by atoms with Crippen molar-refractivity contribution in [1.29, 1.82) is 0 Å². The molecule has 0 aromatic heterocycles. The molecule has 3 rings (SSSR count). The largest absolute Gasteiger partial charge is 0.481 e. The Morgan fingerprint density at radius 3 is 1.83 bits per heavy atom. The topological polar surface area (TPSA) is 74.6 Å². The molecule has 4 heteroatoms. The van der Waals surface area contributed by atoms with Crippen LogP contribution in [0.5, 0.6) is 0 Å². The molecule has 0 amide bonds. The van der Waals surface area contributed by atoms with Crippen molar-refractivity contribution in [2.24, 2.45) is 0 Å². The van der Waals surface area contributed by atoms with Crippen LogP contribution in [0.3, 0.4) is 0 Å². The van der Waals surface area contributed by atoms with Crippen molar-refractivity contribution in [1.82, 2.24) is 0 Å². The van der Waals surface area contributed by atoms with Crippen molar-refractivity contribution in [2.75, 3.05) is 0 Å². The fraction of sp³-hybridized carbons (Fsp3) is 0.200. The third-order valence-corrected chi connectivity index (χ3v) is 4.93. The lowest BCUT2D eigenvalue weighted by atomic mass is 9.53. The summed E-state index contributed by atoms with van der Waals surface area (Å²) in [5.74, 6) is -2.28. The van der Waals surface area contributed by atoms with Crippen LogP contribution in [-0.2, 0) is 20.4 Å². The average molecular weight is 322 g/mol. The van der Waals surface area contributed by atoms with Crippen LogP contribution < -0.4 is 0 Å². The van der Waals surface area contributed by atoms with E-state index in [1.54, 1.807) is 72.8 Å². The lowest BCUT2D eigenvalue weighted by Gasteiger charge is -2.46. The van der Waals surface area contributed by atoms with Gasteiger partial charge >= 0.3 is 11.9 Å². The van der Waals surface area contributed by atoms with Gasteiger partial charge in [-0.1, -0.05) is 72.8 Å². The Balaban J connectivity index is 2.40. The second-order valence-electron chi connectivity index (χ2n) is 6.00. The molecule has 0 aliphatic heterocycles. The summed E-state index contributed by atoms with van der Waals surface area (Å²) in [7, 11) is 0. The average Bonchev–Trinajstić information content (AvgIpc) is 2.62. The molecule has 24 heavy (non-hydrogen) atoms. The maximum atomic E-state index is 12.5. The van der Waals surface area contributed by atoms with Crippen LogP contribution >= 0.6 is 0 Å². The van der Waals surface area contributed by atoms with Crippen molar-refractivity contribution >= 4 is 11.9 Å². The maximum Gasteiger partial charge on any atom is 0.319 e. The van der Waals surface area contributed by atoms with E-state index >= 15 is 0 Å². The van der Waals surface area contributed by atoms with Crippen molar-refractivity contribution in [2.45, 2.75) is 23.7 Å². The minimum absolute atomic E-state index is 0.226. The Bertz CT molecular complexity index is 782. The first-order chi connectivity index (χ1) is 11.6. The summed E-state index contributed by atoms with van der Waals surface area (Å²) in [5.41, 5.74) is -2.23. The van der Waals surface area contributed by atoms with Crippen LogP contribution in [0.2, 0.25) is 0 Å². The molecule has 0 heterocycles. The quantitative estimate of drug-likeness (QED) is 0.846. The highest BCUT2D eigenvalue weighted by Gasteiger charge is 2.62. The molecule has 1 aliphatic rings. The van der Waals surface area contributed by atoms with Crippen LogP contribution in [0.1, 0.15) is 24.0 Å². The van der Waals surface area contributed by atoms with Gasteiger partial charge in [-0.05, 0) is 24.0 Å². The second-order valence-corrected chi connectivity index (χ2v) is 6.00. The molecule has 2 atom stereocenters. The van der Waals surface area contributed by atoms with E-state index in [1.165, 1.54) is 0 Å². The van der Waals surface area contributed by atoms with Crippen molar-refractivity contribution < 1.29 is 19.8 Å². The van der Waals surface area contributed by atoms with E-state index in [0.717, 1.165) is 0 Å². The van der Waals surface area contributed by atoms with E-state index in [1.807, 2.05) is 0 Å². The molecule has 0 radical (unpaired) electrons. The SMILES string of the molecule is O=C(O)C1(c2ccccc2)C=CCCC1(C(=O)O)c1ccccc1. The van der Waals surface area contributed by atoms with Crippen LogP contribution in [0.25, 0.3) is 0 Å². The smallest absolute Gasteiger partial charge is 0.319 e. The van der Waals surface area contributed by atoms with Gasteiger partial charge in [-0.15, -0.1) is 0 Å². The Morgan fingerprint density at radius 2 is 1.33 bits per heavy atom. The van der Waals surface area contributed by atoms with Crippen molar-refractivity contribution in [3.63, 3.8) is 0 Å². The standard InChI is InChI=1S/C20H18O4/c21-17(22)19(15-9-3-1-4-10-15)13-7-8-14-20(19,18(23)24)16-11-5-2-6-12-16/h1-7,9-13H,8,14H2,(H,21,22)(H,23,24). The third kappa shape index (κ3) is 2.07. The minimum Gasteiger partial charge on any atom is -0.481 e. The predicted molar refractivity (Wildman–Crippen MR) is 89.9 cm³/mol. The van der Waals surface area contributed by atoms with E-state index < -0.39 is 22.8 Å². The first-order valence-corrected chi connectivity index (χ1v) is 7.81. The first-order valence-electron chi connectivity index (χ1n) is 7.81. The number of benzene rings is 2. The summed E-state index contributed by atoms with van der Waals surface area (Å²) in [6.07, 6.45) is 4.06. The third-order valence-electron chi connectivity index (χ3n) is 4.93. The predicted octanol–water partition coefficient (Wildman–Crippen LogP) is 3.38. The lowest BCUT2D eigenvalue weighted by Crippen LogP contribution is -2.59. The fourth-order valence-electron chi connectivity index (χ4n) is 3.81. The summed E-state index contributed by atoms with van der Waals surface area (Å²) in [4.78, 5) is 24.9. The maximum absolute atomic E-state index is 12.5. The lowest BCUT2D eigenvalue weighted by molar-refractivity contribution is -0.157. The van der Waals surface area contributed by atoms with Gasteiger partial charge in [-0.25, -0.2) is 0 Å². The van der Waals surface area contributed by atoms with Gasteiger partial charge < -0.3 is 10.2 Å². The summed E-state index contributed by atoms with van der Waals surface area (Å²) in [6.45, 7) is 0. The molecule has 122 valence electrons. The van der Waals surface area contributed by atoms with E-state index in [-0.39, 0.29) is 6.42 Å². The zero-order chi connectivity index (χ0) is 17.2. The highest BCUT2D eigenvalue weighted by Crippen LogP contribution is 2.51. The van der Waals surface area contributed by atoms with Gasteiger partial charge in [0.15, 0.2) is 0 Å². The fourth-order valence-corrected chi connectivity index (χ4v) is 3.81.